The van der Waals surface area contributed by atoms with E-state index in [2.05, 4.69) is 33.0 Å². The Morgan fingerprint density at radius 3 is 2.79 bits per heavy atom. The highest BCUT2D eigenvalue weighted by atomic mass is 79.9. The molecule has 0 aromatic carbocycles. The Morgan fingerprint density at radius 2 is 2.14 bits per heavy atom. The lowest BCUT2D eigenvalue weighted by atomic mass is 10.1. The van der Waals surface area contributed by atoms with Crippen LogP contribution in [0.3, 0.4) is 0 Å². The molecule has 2 aliphatic rings. The summed E-state index contributed by atoms with van der Waals surface area (Å²) < 4.78 is 6.50. The van der Waals surface area contributed by atoms with Crippen molar-refractivity contribution < 1.29 is 4.74 Å². The molecule has 1 atom stereocenters. The molecule has 14 heavy (non-hydrogen) atoms. The van der Waals surface area contributed by atoms with E-state index in [-0.39, 0.29) is 6.04 Å². The van der Waals surface area contributed by atoms with Gasteiger partial charge in [-0.05, 0) is 23.1 Å². The summed E-state index contributed by atoms with van der Waals surface area (Å²) in [5.74, 6) is 0. The summed E-state index contributed by atoms with van der Waals surface area (Å²) in [6, 6.07) is 0.146. The number of ether oxygens (including phenoxy) is 1. The van der Waals surface area contributed by atoms with Gasteiger partial charge in [-0.1, -0.05) is 15.9 Å². The topological polar surface area (TPSA) is 38.5 Å². The molecule has 0 aromatic heterocycles. The Balaban J connectivity index is 2.08. The van der Waals surface area contributed by atoms with Crippen LogP contribution in [0.2, 0.25) is 0 Å². The highest BCUT2D eigenvalue weighted by molar-refractivity contribution is 9.11. The van der Waals surface area contributed by atoms with Gasteiger partial charge in [0.15, 0.2) is 0 Å². The van der Waals surface area contributed by atoms with E-state index in [1.807, 2.05) is 0 Å². The first kappa shape index (κ1) is 10.2. The Bertz CT molecular complexity index is 269. The number of nitrogens with two attached hydrogens (primary N) is 1. The third kappa shape index (κ3) is 2.38. The zero-order valence-corrected chi connectivity index (χ0v) is 9.66. The molecule has 0 aromatic rings. The summed E-state index contributed by atoms with van der Waals surface area (Å²) in [6.45, 7) is 3.57. The Hall–Kier alpha value is -0.320. The zero-order valence-electron chi connectivity index (χ0n) is 8.08. The minimum atomic E-state index is 0.146. The molecule has 0 bridgehead atoms. The van der Waals surface area contributed by atoms with Crippen LogP contribution in [0.1, 0.15) is 6.42 Å². The number of hydrogen-bond donors (Lipinski definition) is 1. The molecule has 2 N–H and O–H groups in total. The minimum Gasteiger partial charge on any atom is -0.378 e. The highest BCUT2D eigenvalue weighted by Crippen LogP contribution is 2.23. The average molecular weight is 259 g/mol. The van der Waals surface area contributed by atoms with Crippen LogP contribution in [0.5, 0.6) is 0 Å². The van der Waals surface area contributed by atoms with E-state index in [0.717, 1.165) is 32.7 Å². The highest BCUT2D eigenvalue weighted by Gasteiger charge is 2.17. The van der Waals surface area contributed by atoms with Crippen LogP contribution in [0.4, 0.5) is 0 Å². The molecule has 0 saturated carbocycles. The van der Waals surface area contributed by atoms with Gasteiger partial charge in [-0.2, -0.15) is 0 Å². The van der Waals surface area contributed by atoms with Crippen LogP contribution in [-0.2, 0) is 4.74 Å². The van der Waals surface area contributed by atoms with Gasteiger partial charge in [-0.3, -0.25) is 0 Å². The first-order chi connectivity index (χ1) is 6.75. The molecular weight excluding hydrogens is 244 g/mol. The summed E-state index contributed by atoms with van der Waals surface area (Å²) >= 11 is 3.52. The van der Waals surface area contributed by atoms with Crippen LogP contribution in [0.15, 0.2) is 22.3 Å². The summed E-state index contributed by atoms with van der Waals surface area (Å²) in [5.41, 5.74) is 7.15. The number of allylic oxidation sites excluding steroid dienone is 1. The molecule has 1 fully saturated rings. The quantitative estimate of drug-likeness (QED) is 0.769. The van der Waals surface area contributed by atoms with Crippen LogP contribution in [0, 0.1) is 0 Å². The van der Waals surface area contributed by atoms with E-state index >= 15 is 0 Å². The van der Waals surface area contributed by atoms with Gasteiger partial charge in [-0.25, -0.2) is 0 Å². The number of morpholine rings is 1. The van der Waals surface area contributed by atoms with Gasteiger partial charge in [0.25, 0.3) is 0 Å². The molecule has 3 nitrogen and oxygen atoms in total. The van der Waals surface area contributed by atoms with Crippen molar-refractivity contribution in [3.8, 4) is 0 Å². The van der Waals surface area contributed by atoms with E-state index in [4.69, 9.17) is 10.5 Å². The summed E-state index contributed by atoms with van der Waals surface area (Å²) in [4.78, 5) is 2.32. The second-order valence-corrected chi connectivity index (χ2v) is 4.67. The fourth-order valence-corrected chi connectivity index (χ4v) is 2.40. The van der Waals surface area contributed by atoms with Crippen LogP contribution >= 0.6 is 15.9 Å². The lowest BCUT2D eigenvalue weighted by Crippen LogP contribution is -2.37. The molecule has 0 spiro atoms. The molecule has 1 aliphatic carbocycles. The van der Waals surface area contributed by atoms with Crippen LogP contribution < -0.4 is 5.73 Å². The number of halogens is 1. The number of hydrogen-bond acceptors (Lipinski definition) is 3. The third-order valence-corrected chi connectivity index (χ3v) is 3.05. The summed E-state index contributed by atoms with van der Waals surface area (Å²) in [6.07, 6.45) is 5.21. The number of nitrogens with zero attached hydrogens (tertiary/aromatic N) is 1. The largest absolute Gasteiger partial charge is 0.378 e. The molecule has 1 saturated heterocycles. The van der Waals surface area contributed by atoms with E-state index in [0.29, 0.717) is 0 Å². The van der Waals surface area contributed by atoms with Crippen molar-refractivity contribution in [2.24, 2.45) is 5.73 Å². The van der Waals surface area contributed by atoms with Gasteiger partial charge in [0.05, 0.1) is 13.2 Å². The van der Waals surface area contributed by atoms with E-state index < -0.39 is 0 Å². The van der Waals surface area contributed by atoms with Gasteiger partial charge in [-0.15, -0.1) is 0 Å². The van der Waals surface area contributed by atoms with Crippen molar-refractivity contribution in [2.45, 2.75) is 12.5 Å². The SMILES string of the molecule is NC1C=C(N2CCOCC2)C=C(Br)C1. The van der Waals surface area contributed by atoms with Crippen molar-refractivity contribution in [3.05, 3.63) is 22.3 Å². The van der Waals surface area contributed by atoms with Gasteiger partial charge < -0.3 is 15.4 Å². The van der Waals surface area contributed by atoms with Gasteiger partial charge in [0.2, 0.25) is 0 Å². The van der Waals surface area contributed by atoms with Crippen LogP contribution in [-0.4, -0.2) is 37.2 Å². The maximum absolute atomic E-state index is 5.92. The fourth-order valence-electron chi connectivity index (χ4n) is 1.79. The maximum Gasteiger partial charge on any atom is 0.0642 e. The Labute approximate surface area is 92.7 Å². The second-order valence-electron chi connectivity index (χ2n) is 3.65. The molecule has 4 heteroatoms. The average Bonchev–Trinajstić information content (AvgIpc) is 2.18. The van der Waals surface area contributed by atoms with Crippen molar-refractivity contribution in [1.29, 1.82) is 0 Å². The van der Waals surface area contributed by atoms with E-state index in [9.17, 15) is 0 Å². The fraction of sp³-hybridized carbons (Fsp3) is 0.600. The third-order valence-electron chi connectivity index (χ3n) is 2.50. The first-order valence-corrected chi connectivity index (χ1v) is 5.71. The molecule has 78 valence electrons. The Morgan fingerprint density at radius 1 is 1.43 bits per heavy atom. The molecule has 2 rings (SSSR count). The lowest BCUT2D eigenvalue weighted by Gasteiger charge is -2.32. The maximum atomic E-state index is 5.92. The lowest BCUT2D eigenvalue weighted by molar-refractivity contribution is 0.0550. The standard InChI is InChI=1S/C10H15BrN2O/c11-8-5-9(12)7-10(6-8)13-1-3-14-4-2-13/h6-7,9H,1-5,12H2. The summed E-state index contributed by atoms with van der Waals surface area (Å²) in [7, 11) is 0. The predicted molar refractivity (Wildman–Crippen MR) is 60.1 cm³/mol. The normalized spacial score (nSPS) is 28.4. The molecule has 0 radical (unpaired) electrons. The van der Waals surface area contributed by atoms with E-state index in [1.165, 1.54) is 10.2 Å². The number of rotatable bonds is 1. The molecular formula is C10H15BrN2O. The zero-order chi connectivity index (χ0) is 9.97. The first-order valence-electron chi connectivity index (χ1n) is 4.92. The van der Waals surface area contributed by atoms with Gasteiger partial charge in [0.1, 0.15) is 0 Å². The second kappa shape index (κ2) is 4.47. The van der Waals surface area contributed by atoms with Gasteiger partial charge >= 0.3 is 0 Å². The van der Waals surface area contributed by atoms with Crippen LogP contribution in [0.25, 0.3) is 0 Å². The Kier molecular flexibility index (Phi) is 3.26. The van der Waals surface area contributed by atoms with Gasteiger partial charge in [0, 0.05) is 24.8 Å². The van der Waals surface area contributed by atoms with E-state index in [1.54, 1.807) is 0 Å². The molecule has 1 unspecified atom stereocenters. The predicted octanol–water partition coefficient (Wildman–Crippen LogP) is 1.21. The van der Waals surface area contributed by atoms with Crippen molar-refractivity contribution in [1.82, 2.24) is 4.90 Å². The minimum absolute atomic E-state index is 0.146. The smallest absolute Gasteiger partial charge is 0.0642 e. The van der Waals surface area contributed by atoms with Crippen molar-refractivity contribution in [3.63, 3.8) is 0 Å². The molecule has 0 amide bonds. The molecule has 1 aliphatic heterocycles. The van der Waals surface area contributed by atoms with Crippen molar-refractivity contribution >= 4 is 15.9 Å². The molecule has 1 heterocycles. The van der Waals surface area contributed by atoms with Crippen molar-refractivity contribution in [2.75, 3.05) is 26.3 Å². The summed E-state index contributed by atoms with van der Waals surface area (Å²) in [5, 5.41) is 0. The monoisotopic (exact) mass is 258 g/mol.